The molecule has 0 spiro atoms. The molecule has 144 valence electrons. The van der Waals surface area contributed by atoms with Gasteiger partial charge in [-0.2, -0.15) is 0 Å². The standard InChI is InChI=1S/C17H29ClN2O5/c1-5-24-15(22)12-19(14(21)11-18)10-8-13-7-6-9-20(13)16(23)25-17(2,3)4/h13H,5-12H2,1-4H3/t13-/m0/s1. The second-order valence-electron chi connectivity index (χ2n) is 7.01. The third-order valence-electron chi connectivity index (χ3n) is 3.83. The summed E-state index contributed by atoms with van der Waals surface area (Å²) in [6.45, 7) is 8.32. The van der Waals surface area contributed by atoms with E-state index in [1.54, 1.807) is 11.8 Å². The van der Waals surface area contributed by atoms with E-state index in [1.807, 2.05) is 20.8 Å². The molecule has 0 aromatic carbocycles. The number of amides is 2. The first-order chi connectivity index (χ1) is 11.7. The van der Waals surface area contributed by atoms with Crippen molar-refractivity contribution in [3.8, 4) is 0 Å². The number of ether oxygens (including phenoxy) is 2. The van der Waals surface area contributed by atoms with E-state index < -0.39 is 11.6 Å². The zero-order valence-corrected chi connectivity index (χ0v) is 16.3. The lowest BCUT2D eigenvalue weighted by atomic mass is 10.1. The van der Waals surface area contributed by atoms with E-state index in [0.717, 1.165) is 12.8 Å². The highest BCUT2D eigenvalue weighted by Crippen LogP contribution is 2.23. The van der Waals surface area contributed by atoms with E-state index in [-0.39, 0.29) is 37.1 Å². The SMILES string of the molecule is CCOC(=O)CN(CC[C@@H]1CCCN1C(=O)OC(C)(C)C)C(=O)CCl. The highest BCUT2D eigenvalue weighted by atomic mass is 35.5. The summed E-state index contributed by atoms with van der Waals surface area (Å²) in [6, 6.07) is -0.0114. The molecule has 8 heteroatoms. The summed E-state index contributed by atoms with van der Waals surface area (Å²) in [5.41, 5.74) is -0.547. The Labute approximate surface area is 154 Å². The van der Waals surface area contributed by atoms with Crippen LogP contribution in [0.5, 0.6) is 0 Å². The number of hydrogen-bond donors (Lipinski definition) is 0. The maximum absolute atomic E-state index is 12.3. The summed E-state index contributed by atoms with van der Waals surface area (Å²) in [6.07, 6.45) is 1.98. The van der Waals surface area contributed by atoms with E-state index in [4.69, 9.17) is 21.1 Å². The van der Waals surface area contributed by atoms with Gasteiger partial charge in [0, 0.05) is 19.1 Å². The fourth-order valence-electron chi connectivity index (χ4n) is 2.74. The Morgan fingerprint density at radius 3 is 2.52 bits per heavy atom. The molecule has 0 aromatic rings. The molecule has 1 aliphatic heterocycles. The molecule has 0 saturated carbocycles. The molecule has 1 heterocycles. The van der Waals surface area contributed by atoms with Gasteiger partial charge in [-0.25, -0.2) is 4.79 Å². The summed E-state index contributed by atoms with van der Waals surface area (Å²) < 4.78 is 10.3. The predicted octanol–water partition coefficient (Wildman–Crippen LogP) is 2.41. The molecule has 1 aliphatic rings. The van der Waals surface area contributed by atoms with Crippen LogP contribution in [-0.4, -0.2) is 71.5 Å². The lowest BCUT2D eigenvalue weighted by Crippen LogP contribution is -2.43. The van der Waals surface area contributed by atoms with Crippen molar-refractivity contribution >= 4 is 29.6 Å². The topological polar surface area (TPSA) is 76.2 Å². The first-order valence-corrected chi connectivity index (χ1v) is 9.20. The first kappa shape index (κ1) is 21.5. The number of esters is 1. The van der Waals surface area contributed by atoms with Crippen molar-refractivity contribution < 1.29 is 23.9 Å². The molecule has 7 nitrogen and oxygen atoms in total. The molecule has 0 bridgehead atoms. The number of alkyl halides is 1. The van der Waals surface area contributed by atoms with E-state index >= 15 is 0 Å². The highest BCUT2D eigenvalue weighted by molar-refractivity contribution is 6.27. The van der Waals surface area contributed by atoms with Crippen LogP contribution in [0.1, 0.15) is 47.0 Å². The molecule has 0 aromatic heterocycles. The maximum Gasteiger partial charge on any atom is 0.410 e. The van der Waals surface area contributed by atoms with Gasteiger partial charge in [0.2, 0.25) is 5.91 Å². The van der Waals surface area contributed by atoms with Crippen LogP contribution in [-0.2, 0) is 19.1 Å². The Morgan fingerprint density at radius 1 is 1.28 bits per heavy atom. The lowest BCUT2D eigenvalue weighted by Gasteiger charge is -2.30. The van der Waals surface area contributed by atoms with E-state index in [2.05, 4.69) is 0 Å². The van der Waals surface area contributed by atoms with E-state index in [9.17, 15) is 14.4 Å². The van der Waals surface area contributed by atoms with Gasteiger partial charge in [-0.3, -0.25) is 9.59 Å². The molecule has 1 saturated heterocycles. The van der Waals surface area contributed by atoms with Crippen molar-refractivity contribution in [3.05, 3.63) is 0 Å². The molecule has 0 unspecified atom stereocenters. The fourth-order valence-corrected chi connectivity index (χ4v) is 2.91. The van der Waals surface area contributed by atoms with Crippen molar-refractivity contribution in [2.75, 3.05) is 32.1 Å². The number of likely N-dealkylation sites (tertiary alicyclic amines) is 1. The van der Waals surface area contributed by atoms with Crippen molar-refractivity contribution in [2.45, 2.75) is 58.6 Å². The zero-order valence-electron chi connectivity index (χ0n) is 15.5. The third kappa shape index (κ3) is 7.50. The van der Waals surface area contributed by atoms with Gasteiger partial charge in [0.15, 0.2) is 0 Å². The number of hydrogen-bond acceptors (Lipinski definition) is 5. The van der Waals surface area contributed by atoms with Gasteiger partial charge in [0.25, 0.3) is 0 Å². The molecular weight excluding hydrogens is 348 g/mol. The summed E-state index contributed by atoms with van der Waals surface area (Å²) in [4.78, 5) is 39.0. The van der Waals surface area contributed by atoms with Crippen molar-refractivity contribution in [1.82, 2.24) is 9.80 Å². The zero-order chi connectivity index (χ0) is 19.0. The van der Waals surface area contributed by atoms with Gasteiger partial charge < -0.3 is 19.3 Å². The third-order valence-corrected chi connectivity index (χ3v) is 4.06. The van der Waals surface area contributed by atoms with Crippen molar-refractivity contribution in [3.63, 3.8) is 0 Å². The first-order valence-electron chi connectivity index (χ1n) is 8.67. The molecule has 1 fully saturated rings. The van der Waals surface area contributed by atoms with Crippen LogP contribution in [0, 0.1) is 0 Å². The highest BCUT2D eigenvalue weighted by Gasteiger charge is 2.32. The minimum Gasteiger partial charge on any atom is -0.465 e. The van der Waals surface area contributed by atoms with Crippen LogP contribution < -0.4 is 0 Å². The van der Waals surface area contributed by atoms with Gasteiger partial charge >= 0.3 is 12.1 Å². The predicted molar refractivity (Wildman–Crippen MR) is 94.5 cm³/mol. The number of nitrogens with zero attached hydrogens (tertiary/aromatic N) is 2. The Hall–Kier alpha value is -1.50. The van der Waals surface area contributed by atoms with Gasteiger partial charge in [0.05, 0.1) is 6.61 Å². The van der Waals surface area contributed by atoms with Crippen LogP contribution >= 0.6 is 11.6 Å². The molecule has 1 atom stereocenters. The minimum absolute atomic E-state index is 0.0114. The van der Waals surface area contributed by atoms with E-state index in [1.165, 1.54) is 4.90 Å². The fraction of sp³-hybridized carbons (Fsp3) is 0.824. The number of rotatable bonds is 7. The second-order valence-corrected chi connectivity index (χ2v) is 7.28. The summed E-state index contributed by atoms with van der Waals surface area (Å²) in [5.74, 6) is -0.979. The van der Waals surface area contributed by atoms with Crippen molar-refractivity contribution in [1.29, 1.82) is 0 Å². The van der Waals surface area contributed by atoms with Gasteiger partial charge in [0.1, 0.15) is 18.0 Å². The minimum atomic E-state index is -0.547. The summed E-state index contributed by atoms with van der Waals surface area (Å²) in [5, 5.41) is 0. The quantitative estimate of drug-likeness (QED) is 0.503. The normalized spacial score (nSPS) is 17.3. The van der Waals surface area contributed by atoms with E-state index in [0.29, 0.717) is 19.5 Å². The summed E-state index contributed by atoms with van der Waals surface area (Å²) >= 11 is 5.63. The molecule has 0 radical (unpaired) electrons. The van der Waals surface area contributed by atoms with Crippen LogP contribution in [0.25, 0.3) is 0 Å². The molecule has 0 aliphatic carbocycles. The summed E-state index contributed by atoms with van der Waals surface area (Å²) in [7, 11) is 0. The van der Waals surface area contributed by atoms with Crippen LogP contribution in [0.15, 0.2) is 0 Å². The van der Waals surface area contributed by atoms with Gasteiger partial charge in [-0.05, 0) is 47.0 Å². The number of carbonyl (C=O) groups excluding carboxylic acids is 3. The smallest absolute Gasteiger partial charge is 0.410 e. The molecule has 2 amide bonds. The average molecular weight is 377 g/mol. The molecule has 25 heavy (non-hydrogen) atoms. The monoisotopic (exact) mass is 376 g/mol. The lowest BCUT2D eigenvalue weighted by molar-refractivity contribution is -0.148. The Balaban J connectivity index is 2.62. The largest absolute Gasteiger partial charge is 0.465 e. The van der Waals surface area contributed by atoms with Gasteiger partial charge in [-0.1, -0.05) is 0 Å². The second kappa shape index (κ2) is 9.85. The number of carbonyl (C=O) groups is 3. The van der Waals surface area contributed by atoms with Crippen molar-refractivity contribution in [2.24, 2.45) is 0 Å². The molecule has 0 N–H and O–H groups in total. The Bertz CT molecular complexity index is 478. The number of halogens is 1. The van der Waals surface area contributed by atoms with Gasteiger partial charge in [-0.15, -0.1) is 11.6 Å². The molecular formula is C17H29ClN2O5. The van der Waals surface area contributed by atoms with Crippen LogP contribution in [0.2, 0.25) is 0 Å². The maximum atomic E-state index is 12.3. The molecule has 1 rings (SSSR count). The van der Waals surface area contributed by atoms with Crippen LogP contribution in [0.4, 0.5) is 4.79 Å². The Morgan fingerprint density at radius 2 is 1.96 bits per heavy atom. The van der Waals surface area contributed by atoms with Crippen LogP contribution in [0.3, 0.4) is 0 Å². The average Bonchev–Trinajstić information content (AvgIpc) is 2.97. The Kier molecular flexibility index (Phi) is 8.48.